The lowest BCUT2D eigenvalue weighted by molar-refractivity contribution is 0.1000. The van der Waals surface area contributed by atoms with Crippen LogP contribution in [-0.4, -0.2) is 41.5 Å². The van der Waals surface area contributed by atoms with E-state index >= 15 is 0 Å². The van der Waals surface area contributed by atoms with E-state index in [0.717, 1.165) is 31.9 Å². The van der Waals surface area contributed by atoms with E-state index in [9.17, 15) is 9.18 Å². The summed E-state index contributed by atoms with van der Waals surface area (Å²) in [5, 5.41) is 3.29. The molecule has 1 aliphatic rings. The molecule has 138 valence electrons. The Morgan fingerprint density at radius 1 is 1.35 bits per heavy atom. The van der Waals surface area contributed by atoms with Crippen LogP contribution >= 0.6 is 0 Å². The largest absolute Gasteiger partial charge is 0.369 e. The maximum absolute atomic E-state index is 13.2. The first kappa shape index (κ1) is 18.3. The zero-order valence-corrected chi connectivity index (χ0v) is 15.0. The van der Waals surface area contributed by atoms with Gasteiger partial charge in [-0.2, -0.15) is 0 Å². The maximum atomic E-state index is 13.2. The van der Waals surface area contributed by atoms with Gasteiger partial charge in [0.1, 0.15) is 11.6 Å². The summed E-state index contributed by atoms with van der Waals surface area (Å²) in [6.07, 6.45) is 3.83. The molecule has 0 bridgehead atoms. The number of hydrogen-bond acceptors (Lipinski definition) is 4. The third-order valence-corrected chi connectivity index (χ3v) is 5.14. The van der Waals surface area contributed by atoms with E-state index in [1.54, 1.807) is 12.1 Å². The molecule has 6 heteroatoms. The lowest BCUT2D eigenvalue weighted by Gasteiger charge is -2.30. The van der Waals surface area contributed by atoms with Crippen LogP contribution in [0.2, 0.25) is 0 Å². The molecule has 0 aliphatic carbocycles. The summed E-state index contributed by atoms with van der Waals surface area (Å²) in [6, 6.07) is 10.8. The van der Waals surface area contributed by atoms with Gasteiger partial charge in [0, 0.05) is 25.3 Å². The molecule has 1 amide bonds. The van der Waals surface area contributed by atoms with Crippen molar-refractivity contribution >= 4 is 11.7 Å². The van der Waals surface area contributed by atoms with Gasteiger partial charge >= 0.3 is 0 Å². The Balaban J connectivity index is 1.53. The molecule has 1 aliphatic heterocycles. The standard InChI is InChI=1S/C20H25FN4O/c1-14(15-4-7-17(21)8-5-15)18-3-2-11-25(18)12-10-23-19-9-6-16(13-24-19)20(22)26/h4-9,13-14,18H,2-3,10-12H2,1H3,(H2,22,26)(H,23,24). The second-order valence-electron chi connectivity index (χ2n) is 6.81. The van der Waals surface area contributed by atoms with Gasteiger partial charge in [0.15, 0.2) is 0 Å². The first-order valence-electron chi connectivity index (χ1n) is 9.04. The molecule has 5 nitrogen and oxygen atoms in total. The van der Waals surface area contributed by atoms with Gasteiger partial charge in [0.05, 0.1) is 5.56 Å². The van der Waals surface area contributed by atoms with Crippen molar-refractivity contribution in [3.8, 4) is 0 Å². The highest BCUT2D eigenvalue weighted by atomic mass is 19.1. The predicted octanol–water partition coefficient (Wildman–Crippen LogP) is 3.00. The fraction of sp³-hybridized carbons (Fsp3) is 0.400. The molecule has 1 aromatic heterocycles. The number of rotatable bonds is 7. The van der Waals surface area contributed by atoms with Crippen LogP contribution in [0.5, 0.6) is 0 Å². The Morgan fingerprint density at radius 2 is 2.12 bits per heavy atom. The topological polar surface area (TPSA) is 71.2 Å². The normalized spacial score (nSPS) is 18.6. The number of likely N-dealkylation sites (tertiary alicyclic amines) is 1. The molecule has 2 unspecified atom stereocenters. The van der Waals surface area contributed by atoms with E-state index in [1.807, 2.05) is 12.1 Å². The molecule has 3 N–H and O–H groups in total. The Bertz CT molecular complexity index is 732. The average Bonchev–Trinajstić information content (AvgIpc) is 3.10. The number of nitrogens with two attached hydrogens (primary N) is 1. The van der Waals surface area contributed by atoms with E-state index in [4.69, 9.17) is 5.73 Å². The van der Waals surface area contributed by atoms with E-state index in [1.165, 1.54) is 30.3 Å². The smallest absolute Gasteiger partial charge is 0.250 e. The molecule has 1 fully saturated rings. The van der Waals surface area contributed by atoms with Crippen molar-refractivity contribution < 1.29 is 9.18 Å². The number of carbonyl (C=O) groups excluding carboxylic acids is 1. The third-order valence-electron chi connectivity index (χ3n) is 5.14. The van der Waals surface area contributed by atoms with Gasteiger partial charge in [0.25, 0.3) is 0 Å². The molecular weight excluding hydrogens is 331 g/mol. The number of amides is 1. The average molecular weight is 356 g/mol. The van der Waals surface area contributed by atoms with Crippen LogP contribution in [0.15, 0.2) is 42.6 Å². The van der Waals surface area contributed by atoms with E-state index < -0.39 is 5.91 Å². The number of carbonyl (C=O) groups is 1. The van der Waals surface area contributed by atoms with E-state index in [0.29, 0.717) is 17.5 Å². The Labute approximate surface area is 153 Å². The van der Waals surface area contributed by atoms with Crippen molar-refractivity contribution in [3.63, 3.8) is 0 Å². The Morgan fingerprint density at radius 3 is 2.77 bits per heavy atom. The van der Waals surface area contributed by atoms with E-state index in [2.05, 4.69) is 22.1 Å². The molecule has 0 radical (unpaired) electrons. The van der Waals surface area contributed by atoms with Gasteiger partial charge in [-0.1, -0.05) is 19.1 Å². The van der Waals surface area contributed by atoms with Crippen LogP contribution in [0.4, 0.5) is 10.2 Å². The van der Waals surface area contributed by atoms with Crippen LogP contribution in [-0.2, 0) is 0 Å². The Hall–Kier alpha value is -2.47. The van der Waals surface area contributed by atoms with Gasteiger partial charge in [-0.05, 0) is 55.1 Å². The molecule has 1 saturated heterocycles. The molecular formula is C20H25FN4O. The molecule has 0 saturated carbocycles. The first-order valence-corrected chi connectivity index (χ1v) is 9.04. The highest BCUT2D eigenvalue weighted by Crippen LogP contribution is 2.30. The lowest BCUT2D eigenvalue weighted by Crippen LogP contribution is -2.36. The number of hydrogen-bond donors (Lipinski definition) is 2. The van der Waals surface area contributed by atoms with Crippen molar-refractivity contribution in [1.29, 1.82) is 0 Å². The molecule has 2 atom stereocenters. The fourth-order valence-electron chi connectivity index (χ4n) is 3.66. The SMILES string of the molecule is CC(c1ccc(F)cc1)C1CCCN1CCNc1ccc(C(N)=O)cn1. The van der Waals surface area contributed by atoms with Crippen molar-refractivity contribution in [1.82, 2.24) is 9.88 Å². The van der Waals surface area contributed by atoms with Gasteiger partial charge in [-0.15, -0.1) is 0 Å². The highest BCUT2D eigenvalue weighted by Gasteiger charge is 2.29. The minimum Gasteiger partial charge on any atom is -0.369 e. The summed E-state index contributed by atoms with van der Waals surface area (Å²) >= 11 is 0. The molecule has 1 aromatic carbocycles. The highest BCUT2D eigenvalue weighted by molar-refractivity contribution is 5.92. The van der Waals surface area contributed by atoms with Crippen molar-refractivity contribution in [2.45, 2.75) is 31.7 Å². The van der Waals surface area contributed by atoms with Gasteiger partial charge in [0.2, 0.25) is 5.91 Å². The number of benzene rings is 1. The van der Waals surface area contributed by atoms with Crippen LogP contribution in [0.25, 0.3) is 0 Å². The van der Waals surface area contributed by atoms with Gasteiger partial charge < -0.3 is 11.1 Å². The minimum absolute atomic E-state index is 0.191. The predicted molar refractivity (Wildman–Crippen MR) is 101 cm³/mol. The summed E-state index contributed by atoms with van der Waals surface area (Å²) in [5.41, 5.74) is 6.81. The number of pyridine rings is 1. The van der Waals surface area contributed by atoms with Crippen LogP contribution in [0, 0.1) is 5.82 Å². The second-order valence-corrected chi connectivity index (χ2v) is 6.81. The zero-order chi connectivity index (χ0) is 18.5. The van der Waals surface area contributed by atoms with Gasteiger partial charge in [-0.25, -0.2) is 9.37 Å². The number of nitrogens with one attached hydrogen (secondary N) is 1. The maximum Gasteiger partial charge on any atom is 0.250 e. The fourth-order valence-corrected chi connectivity index (χ4v) is 3.66. The number of primary amides is 1. The Kier molecular flexibility index (Phi) is 5.83. The molecule has 2 aromatic rings. The molecule has 3 rings (SSSR count). The number of aromatic nitrogens is 1. The summed E-state index contributed by atoms with van der Waals surface area (Å²) in [7, 11) is 0. The quantitative estimate of drug-likeness (QED) is 0.800. The third kappa shape index (κ3) is 4.38. The monoisotopic (exact) mass is 356 g/mol. The molecule has 26 heavy (non-hydrogen) atoms. The lowest BCUT2D eigenvalue weighted by atomic mass is 9.91. The van der Waals surface area contributed by atoms with Crippen LogP contribution in [0.1, 0.15) is 41.6 Å². The summed E-state index contributed by atoms with van der Waals surface area (Å²) in [4.78, 5) is 17.8. The van der Waals surface area contributed by atoms with Crippen LogP contribution in [0.3, 0.4) is 0 Å². The second kappa shape index (κ2) is 8.27. The van der Waals surface area contributed by atoms with Crippen molar-refractivity contribution in [2.75, 3.05) is 25.0 Å². The van der Waals surface area contributed by atoms with Crippen molar-refractivity contribution in [3.05, 3.63) is 59.5 Å². The summed E-state index contributed by atoms with van der Waals surface area (Å²) in [5.74, 6) is 0.436. The number of nitrogens with zero attached hydrogens (tertiary/aromatic N) is 2. The summed E-state index contributed by atoms with van der Waals surface area (Å²) < 4.78 is 13.2. The minimum atomic E-state index is -0.473. The first-order chi connectivity index (χ1) is 12.5. The number of halogens is 1. The van der Waals surface area contributed by atoms with Gasteiger partial charge in [-0.3, -0.25) is 9.69 Å². The molecule has 0 spiro atoms. The summed E-state index contributed by atoms with van der Waals surface area (Å²) in [6.45, 7) is 4.98. The van der Waals surface area contributed by atoms with Crippen LogP contribution < -0.4 is 11.1 Å². The zero-order valence-electron chi connectivity index (χ0n) is 15.0. The molecule has 2 heterocycles. The van der Waals surface area contributed by atoms with E-state index in [-0.39, 0.29) is 5.82 Å². The number of anilines is 1. The van der Waals surface area contributed by atoms with Crippen molar-refractivity contribution in [2.24, 2.45) is 5.73 Å².